The van der Waals surface area contributed by atoms with E-state index in [1.807, 2.05) is 0 Å². The molecule has 1 heterocycles. The van der Waals surface area contributed by atoms with Crippen molar-refractivity contribution in [1.29, 1.82) is 0 Å². The molecule has 2 aromatic carbocycles. The first-order valence-corrected chi connectivity index (χ1v) is 6.90. The fraction of sp³-hybridized carbons (Fsp3) is 0.0769. The van der Waals surface area contributed by atoms with Gasteiger partial charge >= 0.3 is 6.18 Å². The van der Waals surface area contributed by atoms with Gasteiger partial charge in [0.25, 0.3) is 0 Å². The largest absolute Gasteiger partial charge is 0.508 e. The second kappa shape index (κ2) is 4.11. The van der Waals surface area contributed by atoms with Gasteiger partial charge in [-0.05, 0) is 24.3 Å². The zero-order valence-electron chi connectivity index (χ0n) is 9.25. The molecule has 0 aliphatic rings. The summed E-state index contributed by atoms with van der Waals surface area (Å²) in [6, 6.07) is 7.66. The van der Waals surface area contributed by atoms with Crippen LogP contribution in [0.3, 0.4) is 0 Å². The maximum Gasteiger partial charge on any atom is 0.418 e. The molecule has 6 heteroatoms. The molecule has 19 heavy (non-hydrogen) atoms. The number of rotatable bonds is 0. The van der Waals surface area contributed by atoms with Gasteiger partial charge in [-0.1, -0.05) is 22.0 Å². The lowest BCUT2D eigenvalue weighted by atomic mass is 10.1. The minimum atomic E-state index is -4.42. The summed E-state index contributed by atoms with van der Waals surface area (Å²) >= 11 is 4.00. The van der Waals surface area contributed by atoms with Crippen LogP contribution in [0.4, 0.5) is 13.2 Å². The topological polar surface area (TPSA) is 20.2 Å². The van der Waals surface area contributed by atoms with Crippen LogP contribution in [0.5, 0.6) is 5.75 Å². The Labute approximate surface area is 118 Å². The summed E-state index contributed by atoms with van der Waals surface area (Å²) in [4.78, 5) is 0. The molecule has 1 N–H and O–H groups in total. The Morgan fingerprint density at radius 3 is 2.42 bits per heavy atom. The van der Waals surface area contributed by atoms with Gasteiger partial charge in [0.1, 0.15) is 5.75 Å². The van der Waals surface area contributed by atoms with E-state index in [4.69, 9.17) is 0 Å². The Morgan fingerprint density at radius 2 is 1.74 bits per heavy atom. The number of alkyl halides is 3. The third kappa shape index (κ3) is 1.99. The van der Waals surface area contributed by atoms with Gasteiger partial charge in [0.2, 0.25) is 0 Å². The first-order chi connectivity index (χ1) is 8.88. The summed E-state index contributed by atoms with van der Waals surface area (Å²) in [5, 5.41) is 10.7. The molecular weight excluding hydrogens is 341 g/mol. The van der Waals surface area contributed by atoms with Crippen LogP contribution in [0.1, 0.15) is 5.56 Å². The minimum absolute atomic E-state index is 0.0308. The molecule has 3 aromatic rings. The summed E-state index contributed by atoms with van der Waals surface area (Å²) < 4.78 is 40.2. The number of phenols is 1. The van der Waals surface area contributed by atoms with Gasteiger partial charge in [-0.25, -0.2) is 0 Å². The first-order valence-electron chi connectivity index (χ1n) is 5.29. The molecular formula is C13H6BrF3OS. The smallest absolute Gasteiger partial charge is 0.418 e. The molecule has 0 atom stereocenters. The molecule has 3 rings (SSSR count). The van der Waals surface area contributed by atoms with Crippen LogP contribution < -0.4 is 0 Å². The zero-order valence-corrected chi connectivity index (χ0v) is 11.7. The Morgan fingerprint density at radius 1 is 1.05 bits per heavy atom. The number of halogens is 4. The molecule has 1 aromatic heterocycles. The summed E-state index contributed by atoms with van der Waals surface area (Å²) in [5.74, 6) is 0.0479. The van der Waals surface area contributed by atoms with Crippen molar-refractivity contribution in [3.8, 4) is 5.75 Å². The number of benzene rings is 2. The van der Waals surface area contributed by atoms with E-state index in [0.29, 0.717) is 10.1 Å². The highest BCUT2D eigenvalue weighted by molar-refractivity contribution is 9.10. The van der Waals surface area contributed by atoms with Crippen LogP contribution in [0, 0.1) is 0 Å². The Bertz CT molecular complexity index is 792. The SMILES string of the molecule is Oc1ccc2c(c1)sc1c(C(F)(F)F)c(Br)ccc12. The normalized spacial score (nSPS) is 12.4. The molecule has 0 aliphatic heterocycles. The van der Waals surface area contributed by atoms with Crippen molar-refractivity contribution >= 4 is 47.4 Å². The fourth-order valence-electron chi connectivity index (χ4n) is 2.07. The van der Waals surface area contributed by atoms with Gasteiger partial charge in [0.05, 0.1) is 5.56 Å². The second-order valence-corrected chi connectivity index (χ2v) is 5.99. The van der Waals surface area contributed by atoms with Crippen molar-refractivity contribution in [3.05, 3.63) is 40.4 Å². The zero-order chi connectivity index (χ0) is 13.8. The third-order valence-corrected chi connectivity index (χ3v) is 4.70. The molecule has 0 aliphatic carbocycles. The Balaban J connectivity index is 2.50. The molecule has 0 fully saturated rings. The van der Waals surface area contributed by atoms with Gasteiger partial charge < -0.3 is 5.11 Å². The van der Waals surface area contributed by atoms with Crippen molar-refractivity contribution in [2.75, 3.05) is 0 Å². The van der Waals surface area contributed by atoms with E-state index in [0.717, 1.165) is 16.7 Å². The van der Waals surface area contributed by atoms with Crippen LogP contribution in [0.25, 0.3) is 20.2 Å². The molecule has 0 spiro atoms. The van der Waals surface area contributed by atoms with Crippen LogP contribution in [-0.4, -0.2) is 5.11 Å². The lowest BCUT2D eigenvalue weighted by Gasteiger charge is -2.09. The van der Waals surface area contributed by atoms with Gasteiger partial charge in [0.15, 0.2) is 0 Å². The predicted octanol–water partition coefficient (Wildman–Crippen LogP) is 5.54. The highest BCUT2D eigenvalue weighted by atomic mass is 79.9. The molecule has 0 saturated carbocycles. The Hall–Kier alpha value is -1.27. The maximum absolute atomic E-state index is 13.1. The van der Waals surface area contributed by atoms with E-state index >= 15 is 0 Å². The summed E-state index contributed by atoms with van der Waals surface area (Å²) in [7, 11) is 0. The molecule has 0 saturated heterocycles. The average molecular weight is 347 g/mol. The summed E-state index contributed by atoms with van der Waals surface area (Å²) in [5.41, 5.74) is -0.661. The molecule has 0 unspecified atom stereocenters. The predicted molar refractivity (Wildman–Crippen MR) is 73.7 cm³/mol. The highest BCUT2D eigenvalue weighted by Gasteiger charge is 2.36. The molecule has 0 amide bonds. The molecule has 0 bridgehead atoms. The van der Waals surface area contributed by atoms with Crippen molar-refractivity contribution in [1.82, 2.24) is 0 Å². The second-order valence-electron chi connectivity index (χ2n) is 4.08. The van der Waals surface area contributed by atoms with Gasteiger partial charge in [-0.15, -0.1) is 11.3 Å². The van der Waals surface area contributed by atoms with Crippen LogP contribution in [0.15, 0.2) is 34.8 Å². The number of fused-ring (bicyclic) bond motifs is 3. The van der Waals surface area contributed by atoms with E-state index in [1.54, 1.807) is 12.1 Å². The first kappa shape index (κ1) is 12.7. The van der Waals surface area contributed by atoms with Crippen LogP contribution in [-0.2, 0) is 6.18 Å². The van der Waals surface area contributed by atoms with Crippen molar-refractivity contribution in [3.63, 3.8) is 0 Å². The quantitative estimate of drug-likeness (QED) is 0.566. The lowest BCUT2D eigenvalue weighted by molar-refractivity contribution is -0.136. The summed E-state index contributed by atoms with van der Waals surface area (Å²) in [6.45, 7) is 0. The lowest BCUT2D eigenvalue weighted by Crippen LogP contribution is -2.05. The molecule has 0 radical (unpaired) electrons. The van der Waals surface area contributed by atoms with Crippen molar-refractivity contribution < 1.29 is 18.3 Å². The van der Waals surface area contributed by atoms with Crippen molar-refractivity contribution in [2.45, 2.75) is 6.18 Å². The molecule has 98 valence electrons. The van der Waals surface area contributed by atoms with Crippen molar-refractivity contribution in [2.24, 2.45) is 0 Å². The maximum atomic E-state index is 13.1. The number of aromatic hydroxyl groups is 1. The van der Waals surface area contributed by atoms with Crippen LogP contribution >= 0.6 is 27.3 Å². The summed E-state index contributed by atoms with van der Waals surface area (Å²) in [6.07, 6.45) is -4.42. The molecule has 1 nitrogen and oxygen atoms in total. The fourth-order valence-corrected chi connectivity index (χ4v) is 4.06. The average Bonchev–Trinajstić information content (AvgIpc) is 2.63. The number of thiophene rings is 1. The van der Waals surface area contributed by atoms with Gasteiger partial charge in [-0.2, -0.15) is 13.2 Å². The van der Waals surface area contributed by atoms with Gasteiger partial charge in [-0.3, -0.25) is 0 Å². The number of hydrogen-bond acceptors (Lipinski definition) is 2. The van der Waals surface area contributed by atoms with E-state index in [2.05, 4.69) is 15.9 Å². The van der Waals surface area contributed by atoms with E-state index in [1.165, 1.54) is 18.2 Å². The van der Waals surface area contributed by atoms with Crippen LogP contribution in [0.2, 0.25) is 0 Å². The van der Waals surface area contributed by atoms with E-state index < -0.39 is 11.7 Å². The Kier molecular flexibility index (Phi) is 2.76. The third-order valence-electron chi connectivity index (χ3n) is 2.86. The number of hydrogen-bond donors (Lipinski definition) is 1. The monoisotopic (exact) mass is 346 g/mol. The standard InChI is InChI=1S/C13H6BrF3OS/c14-9-4-3-8-7-2-1-6(18)5-10(7)19-12(8)11(9)13(15,16)17/h1-5,18H. The van der Waals surface area contributed by atoms with E-state index in [9.17, 15) is 18.3 Å². The minimum Gasteiger partial charge on any atom is -0.508 e. The number of phenolic OH excluding ortho intramolecular Hbond substituents is 1. The van der Waals surface area contributed by atoms with E-state index in [-0.39, 0.29) is 14.9 Å². The van der Waals surface area contributed by atoms with Gasteiger partial charge in [0, 0.05) is 24.6 Å². The highest BCUT2D eigenvalue weighted by Crippen LogP contribution is 2.45.